The molecule has 272 valence electrons. The third-order valence-electron chi connectivity index (χ3n) is 8.08. The molecular formula is C39H32O14. The molecule has 2 heterocycles. The molecular weight excluding hydrogens is 692 g/mol. The molecule has 0 aliphatic carbocycles. The number of hydrogen-bond acceptors (Lipinski definition) is 14. The van der Waals surface area contributed by atoms with Crippen molar-refractivity contribution in [3.8, 4) is 40.1 Å². The van der Waals surface area contributed by atoms with Crippen molar-refractivity contribution in [2.45, 2.75) is 30.7 Å². The van der Waals surface area contributed by atoms with Gasteiger partial charge in [0.1, 0.15) is 70.4 Å². The molecule has 14 heteroatoms. The fraction of sp³-hybridized carbons (Fsp3) is 0.154. The van der Waals surface area contributed by atoms with E-state index in [1.54, 1.807) is 12.1 Å². The van der Waals surface area contributed by atoms with E-state index < -0.39 is 60.4 Å². The van der Waals surface area contributed by atoms with Gasteiger partial charge >= 0.3 is 11.9 Å². The second-order valence-electron chi connectivity index (χ2n) is 11.9. The van der Waals surface area contributed by atoms with Crippen molar-refractivity contribution in [1.82, 2.24) is 0 Å². The summed E-state index contributed by atoms with van der Waals surface area (Å²) >= 11 is 0. The van der Waals surface area contributed by atoms with E-state index in [1.165, 1.54) is 84.9 Å². The van der Waals surface area contributed by atoms with E-state index in [0.29, 0.717) is 16.7 Å². The van der Waals surface area contributed by atoms with Crippen LogP contribution in [0, 0.1) is 0 Å². The van der Waals surface area contributed by atoms with E-state index in [0.717, 1.165) is 18.2 Å². The van der Waals surface area contributed by atoms with Crippen LogP contribution in [0.15, 0.2) is 112 Å². The van der Waals surface area contributed by atoms with Crippen LogP contribution in [0.1, 0.15) is 11.1 Å². The summed E-state index contributed by atoms with van der Waals surface area (Å²) in [5, 5.41) is 61.4. The zero-order chi connectivity index (χ0) is 37.6. The predicted molar refractivity (Wildman–Crippen MR) is 188 cm³/mol. The maximum atomic E-state index is 13.0. The smallest absolute Gasteiger partial charge is 0.331 e. The summed E-state index contributed by atoms with van der Waals surface area (Å²) in [6.07, 6.45) is -3.41. The molecule has 1 fully saturated rings. The Morgan fingerprint density at radius 1 is 0.717 bits per heavy atom. The summed E-state index contributed by atoms with van der Waals surface area (Å²) in [5.41, 5.74) is 0.881. The van der Waals surface area contributed by atoms with Gasteiger partial charge in [0.05, 0.1) is 0 Å². The summed E-state index contributed by atoms with van der Waals surface area (Å²) in [6.45, 7) is -0.577. The monoisotopic (exact) mass is 724 g/mol. The van der Waals surface area contributed by atoms with Crippen molar-refractivity contribution in [2.75, 3.05) is 6.61 Å². The first-order valence-electron chi connectivity index (χ1n) is 16.0. The van der Waals surface area contributed by atoms with E-state index >= 15 is 0 Å². The van der Waals surface area contributed by atoms with Gasteiger partial charge in [-0.05, 0) is 71.8 Å². The Morgan fingerprint density at radius 3 is 1.89 bits per heavy atom. The minimum Gasteiger partial charge on any atom is -0.508 e. The number of aliphatic hydroxyl groups is 2. The van der Waals surface area contributed by atoms with Crippen LogP contribution in [-0.4, -0.2) is 79.9 Å². The molecule has 0 radical (unpaired) electrons. The van der Waals surface area contributed by atoms with Gasteiger partial charge < -0.3 is 54.0 Å². The number of esters is 2. The van der Waals surface area contributed by atoms with Crippen molar-refractivity contribution in [1.29, 1.82) is 0 Å². The highest BCUT2D eigenvalue weighted by molar-refractivity contribution is 5.88. The first kappa shape index (κ1) is 36.2. The lowest BCUT2D eigenvalue weighted by Gasteiger charge is -2.41. The zero-order valence-electron chi connectivity index (χ0n) is 27.5. The Hall–Kier alpha value is -6.61. The van der Waals surface area contributed by atoms with Gasteiger partial charge in [-0.3, -0.25) is 4.79 Å². The zero-order valence-corrected chi connectivity index (χ0v) is 27.5. The molecule has 1 aliphatic rings. The minimum absolute atomic E-state index is 0.00489. The number of rotatable bonds is 10. The molecule has 1 saturated heterocycles. The summed E-state index contributed by atoms with van der Waals surface area (Å²) < 4.78 is 28.4. The first-order valence-corrected chi connectivity index (χ1v) is 16.0. The molecule has 5 atom stereocenters. The molecule has 53 heavy (non-hydrogen) atoms. The van der Waals surface area contributed by atoms with Crippen molar-refractivity contribution < 1.29 is 63.6 Å². The number of aliphatic hydroxyl groups excluding tert-OH is 2. The molecule has 1 unspecified atom stereocenters. The molecule has 1 aromatic heterocycles. The highest BCUT2D eigenvalue weighted by atomic mass is 16.7. The summed E-state index contributed by atoms with van der Waals surface area (Å²) in [5.74, 6) is -2.32. The second kappa shape index (κ2) is 15.7. The number of carbonyl (C=O) groups is 2. The standard InChI is InChI=1S/C39H32O14/c40-24-9-1-21(2-10-24)5-15-33(45)49-20-32-36(47)37(48)38(53-34(46)16-6-22-3-11-25(41)12-4-22)39(52-32)50-27-17-28(43)35-29(44)19-30(51-31(35)18-27)23-7-13-26(42)14-8-23/h1-19,32,36-43,47-48H,20H2/b15-5+,16-6+/t32-,36-,37+,38-,39?/m1/s1. The average molecular weight is 725 g/mol. The van der Waals surface area contributed by atoms with Crippen LogP contribution in [0.4, 0.5) is 0 Å². The fourth-order valence-electron chi connectivity index (χ4n) is 5.36. The maximum absolute atomic E-state index is 13.0. The van der Waals surface area contributed by atoms with Gasteiger partial charge in [0, 0.05) is 35.9 Å². The molecule has 4 aromatic carbocycles. The molecule has 6 N–H and O–H groups in total. The predicted octanol–water partition coefficient (Wildman–Crippen LogP) is 3.99. The van der Waals surface area contributed by atoms with E-state index in [-0.39, 0.29) is 39.7 Å². The quantitative estimate of drug-likeness (QED) is 0.0886. The number of phenolic OH excluding ortho intramolecular Hbond substituents is 4. The maximum Gasteiger partial charge on any atom is 0.331 e. The first-order chi connectivity index (χ1) is 25.4. The number of aromatic hydroxyl groups is 4. The lowest BCUT2D eigenvalue weighted by Crippen LogP contribution is -2.61. The van der Waals surface area contributed by atoms with Crippen LogP contribution < -0.4 is 10.2 Å². The van der Waals surface area contributed by atoms with Gasteiger partial charge in [0.2, 0.25) is 6.29 Å². The van der Waals surface area contributed by atoms with E-state index in [1.807, 2.05) is 0 Å². The average Bonchev–Trinajstić information content (AvgIpc) is 3.13. The van der Waals surface area contributed by atoms with Crippen LogP contribution in [0.5, 0.6) is 28.7 Å². The Morgan fingerprint density at radius 2 is 1.28 bits per heavy atom. The largest absolute Gasteiger partial charge is 0.508 e. The van der Waals surface area contributed by atoms with Gasteiger partial charge in [-0.2, -0.15) is 0 Å². The Balaban J connectivity index is 1.25. The second-order valence-corrected chi connectivity index (χ2v) is 11.9. The number of hydrogen-bond donors (Lipinski definition) is 6. The summed E-state index contributed by atoms with van der Waals surface area (Å²) in [7, 11) is 0. The van der Waals surface area contributed by atoms with Crippen LogP contribution in [-0.2, 0) is 23.8 Å². The fourth-order valence-corrected chi connectivity index (χ4v) is 5.36. The molecule has 0 amide bonds. The van der Waals surface area contributed by atoms with E-state index in [9.17, 15) is 45.0 Å². The van der Waals surface area contributed by atoms with Crippen LogP contribution in [0.25, 0.3) is 34.4 Å². The van der Waals surface area contributed by atoms with Crippen molar-refractivity contribution in [3.63, 3.8) is 0 Å². The highest BCUT2D eigenvalue weighted by Gasteiger charge is 2.48. The molecule has 14 nitrogen and oxygen atoms in total. The normalized spacial score (nSPS) is 20.1. The molecule has 0 spiro atoms. The van der Waals surface area contributed by atoms with Gasteiger partial charge in [-0.25, -0.2) is 9.59 Å². The molecule has 1 aliphatic heterocycles. The van der Waals surface area contributed by atoms with Crippen molar-refractivity contribution in [2.24, 2.45) is 0 Å². The topological polar surface area (TPSA) is 223 Å². The number of benzene rings is 4. The van der Waals surface area contributed by atoms with Crippen LogP contribution in [0.3, 0.4) is 0 Å². The SMILES string of the molecule is O=C(/C=C/c1ccc(O)cc1)OC[C@H]1OC(Oc2cc(O)c3c(=O)cc(-c4ccc(O)cc4)oc3c2)[C@H](OC(=O)/C=C/c2ccc(O)cc2)[C@@H](O)[C@@H]1O. The third-order valence-corrected chi connectivity index (χ3v) is 8.08. The highest BCUT2D eigenvalue weighted by Crippen LogP contribution is 2.34. The minimum atomic E-state index is -1.84. The van der Waals surface area contributed by atoms with Gasteiger partial charge in [0.15, 0.2) is 11.5 Å². The summed E-state index contributed by atoms with van der Waals surface area (Å²) in [6, 6.07) is 21.2. The lowest BCUT2D eigenvalue weighted by molar-refractivity contribution is -0.281. The van der Waals surface area contributed by atoms with Crippen molar-refractivity contribution >= 4 is 35.1 Å². The Kier molecular flexibility index (Phi) is 10.7. The lowest BCUT2D eigenvalue weighted by atomic mass is 9.99. The molecule has 0 saturated carbocycles. The van der Waals surface area contributed by atoms with Crippen molar-refractivity contribution in [3.05, 3.63) is 124 Å². The Labute approximate surface area is 300 Å². The van der Waals surface area contributed by atoms with E-state index in [2.05, 4.69) is 0 Å². The number of carbonyl (C=O) groups excluding carboxylic acids is 2. The number of fused-ring (bicyclic) bond motifs is 1. The molecule has 5 aromatic rings. The molecule has 6 rings (SSSR count). The van der Waals surface area contributed by atoms with Crippen LogP contribution >= 0.6 is 0 Å². The number of phenols is 4. The van der Waals surface area contributed by atoms with Crippen LogP contribution in [0.2, 0.25) is 0 Å². The summed E-state index contributed by atoms with van der Waals surface area (Å²) in [4.78, 5) is 38.4. The van der Waals surface area contributed by atoms with Gasteiger partial charge in [-0.1, -0.05) is 24.3 Å². The Bertz CT molecular complexity index is 2200. The molecule has 0 bridgehead atoms. The van der Waals surface area contributed by atoms with E-state index in [4.69, 9.17) is 23.4 Å². The third kappa shape index (κ3) is 8.83. The van der Waals surface area contributed by atoms with Gasteiger partial charge in [0.25, 0.3) is 0 Å². The van der Waals surface area contributed by atoms with Gasteiger partial charge in [-0.15, -0.1) is 0 Å². The number of ether oxygens (including phenoxy) is 4.